The van der Waals surface area contributed by atoms with Crippen molar-refractivity contribution in [3.63, 3.8) is 0 Å². The monoisotopic (exact) mass is 348 g/mol. The molecule has 0 aliphatic rings. The number of hydrogen-bond donors (Lipinski definition) is 1. The molecule has 0 radical (unpaired) electrons. The molecule has 0 spiro atoms. The van der Waals surface area contributed by atoms with Crippen LogP contribution >= 0.6 is 23.1 Å². The molecule has 0 aliphatic heterocycles. The molecule has 124 valence electrons. The van der Waals surface area contributed by atoms with Crippen molar-refractivity contribution in [3.8, 4) is 0 Å². The number of carbonyl (C=O) groups is 1. The summed E-state index contributed by atoms with van der Waals surface area (Å²) in [6, 6.07) is 12.5. The molecule has 5 heteroatoms. The van der Waals surface area contributed by atoms with Crippen LogP contribution in [-0.4, -0.2) is 23.2 Å². The number of benzene rings is 1. The van der Waals surface area contributed by atoms with E-state index in [4.69, 9.17) is 0 Å². The smallest absolute Gasteiger partial charge is 0.318 e. The molecular formula is C18H24N2OS2. The average molecular weight is 349 g/mol. The minimum atomic E-state index is -0.0135. The lowest BCUT2D eigenvalue weighted by molar-refractivity contribution is 0.195. The summed E-state index contributed by atoms with van der Waals surface area (Å²) in [5.41, 5.74) is 1.13. The Kier molecular flexibility index (Phi) is 6.99. The van der Waals surface area contributed by atoms with Crippen molar-refractivity contribution in [2.75, 3.05) is 12.3 Å². The van der Waals surface area contributed by atoms with Crippen molar-refractivity contribution in [1.29, 1.82) is 0 Å². The Morgan fingerprint density at radius 2 is 2.00 bits per heavy atom. The maximum Gasteiger partial charge on any atom is 0.318 e. The summed E-state index contributed by atoms with van der Waals surface area (Å²) in [5, 5.41) is 5.14. The molecule has 1 unspecified atom stereocenters. The molecule has 2 amide bonds. The summed E-state index contributed by atoms with van der Waals surface area (Å²) >= 11 is 3.51. The standard InChI is InChI=1S/C18H24N2OS2/c1-4-20(13-17-7-6-12-23-17)18(21)19-14(3)15-8-10-16(11-9-15)22-5-2/h6-12,14H,4-5,13H2,1-3H3,(H,19,21). The minimum Gasteiger partial charge on any atom is -0.331 e. The van der Waals surface area contributed by atoms with Crippen molar-refractivity contribution in [3.05, 3.63) is 52.2 Å². The van der Waals surface area contributed by atoms with Gasteiger partial charge in [0.25, 0.3) is 0 Å². The van der Waals surface area contributed by atoms with Crippen LogP contribution in [0.4, 0.5) is 4.79 Å². The molecule has 2 aromatic rings. The number of amides is 2. The zero-order valence-electron chi connectivity index (χ0n) is 13.9. The van der Waals surface area contributed by atoms with Crippen LogP contribution in [0.1, 0.15) is 37.3 Å². The molecule has 1 heterocycles. The maximum absolute atomic E-state index is 12.5. The first kappa shape index (κ1) is 17.9. The van der Waals surface area contributed by atoms with E-state index in [-0.39, 0.29) is 12.1 Å². The molecule has 2 rings (SSSR count). The lowest BCUT2D eigenvalue weighted by Gasteiger charge is -2.24. The van der Waals surface area contributed by atoms with Crippen molar-refractivity contribution in [2.24, 2.45) is 0 Å². The van der Waals surface area contributed by atoms with Gasteiger partial charge in [-0.2, -0.15) is 0 Å². The highest BCUT2D eigenvalue weighted by Gasteiger charge is 2.16. The van der Waals surface area contributed by atoms with Crippen LogP contribution in [0, 0.1) is 0 Å². The number of urea groups is 1. The van der Waals surface area contributed by atoms with Crippen LogP contribution in [0.25, 0.3) is 0 Å². The number of carbonyl (C=O) groups excluding carboxylic acids is 1. The highest BCUT2D eigenvalue weighted by molar-refractivity contribution is 7.99. The molecule has 0 saturated carbocycles. The topological polar surface area (TPSA) is 32.3 Å². The molecule has 1 aromatic heterocycles. The Morgan fingerprint density at radius 1 is 1.26 bits per heavy atom. The first-order valence-electron chi connectivity index (χ1n) is 7.94. The van der Waals surface area contributed by atoms with Gasteiger partial charge in [0.15, 0.2) is 0 Å². The molecule has 0 saturated heterocycles. The summed E-state index contributed by atoms with van der Waals surface area (Å²) in [6.07, 6.45) is 0. The van der Waals surface area contributed by atoms with E-state index in [0.717, 1.165) is 11.3 Å². The number of thioether (sulfide) groups is 1. The molecule has 3 nitrogen and oxygen atoms in total. The fourth-order valence-electron chi connectivity index (χ4n) is 2.30. The highest BCUT2D eigenvalue weighted by atomic mass is 32.2. The van der Waals surface area contributed by atoms with Gasteiger partial charge in [-0.3, -0.25) is 0 Å². The zero-order valence-corrected chi connectivity index (χ0v) is 15.5. The van der Waals surface area contributed by atoms with E-state index in [9.17, 15) is 4.79 Å². The molecule has 23 heavy (non-hydrogen) atoms. The van der Waals surface area contributed by atoms with Gasteiger partial charge in [0.2, 0.25) is 0 Å². The maximum atomic E-state index is 12.5. The van der Waals surface area contributed by atoms with Crippen LogP contribution in [0.3, 0.4) is 0 Å². The van der Waals surface area contributed by atoms with Gasteiger partial charge >= 0.3 is 6.03 Å². The van der Waals surface area contributed by atoms with E-state index in [1.54, 1.807) is 11.3 Å². The Morgan fingerprint density at radius 3 is 2.57 bits per heavy atom. The molecule has 1 N–H and O–H groups in total. The quantitative estimate of drug-likeness (QED) is 0.702. The van der Waals surface area contributed by atoms with Gasteiger partial charge in [0, 0.05) is 16.3 Å². The lowest BCUT2D eigenvalue weighted by atomic mass is 10.1. The Balaban J connectivity index is 1.94. The van der Waals surface area contributed by atoms with Crippen LogP contribution in [0.2, 0.25) is 0 Å². The van der Waals surface area contributed by atoms with E-state index in [1.165, 1.54) is 9.77 Å². The number of thiophene rings is 1. The highest BCUT2D eigenvalue weighted by Crippen LogP contribution is 2.21. The SMILES string of the molecule is CCSc1ccc(C(C)NC(=O)N(CC)Cc2cccs2)cc1. The van der Waals surface area contributed by atoms with Crippen LogP contribution in [0.5, 0.6) is 0 Å². The fraction of sp³-hybridized carbons (Fsp3) is 0.389. The van der Waals surface area contributed by atoms with Gasteiger partial charge < -0.3 is 10.2 Å². The van der Waals surface area contributed by atoms with Gasteiger partial charge in [0.05, 0.1) is 12.6 Å². The van der Waals surface area contributed by atoms with Crippen LogP contribution in [0.15, 0.2) is 46.7 Å². The second-order valence-electron chi connectivity index (χ2n) is 5.27. The third kappa shape index (κ3) is 5.29. The van der Waals surface area contributed by atoms with Gasteiger partial charge in [-0.15, -0.1) is 23.1 Å². The zero-order chi connectivity index (χ0) is 16.7. The van der Waals surface area contributed by atoms with E-state index in [0.29, 0.717) is 13.1 Å². The predicted octanol–water partition coefficient (Wildman–Crippen LogP) is 5.15. The van der Waals surface area contributed by atoms with Gasteiger partial charge in [0.1, 0.15) is 0 Å². The van der Waals surface area contributed by atoms with E-state index < -0.39 is 0 Å². The Bertz CT molecular complexity index is 596. The Labute approximate surface area is 147 Å². The summed E-state index contributed by atoms with van der Waals surface area (Å²) < 4.78 is 0. The first-order chi connectivity index (χ1) is 11.1. The summed E-state index contributed by atoms with van der Waals surface area (Å²) in [5.74, 6) is 1.07. The third-order valence-electron chi connectivity index (χ3n) is 3.63. The second kappa shape index (κ2) is 8.99. The second-order valence-corrected chi connectivity index (χ2v) is 7.64. The van der Waals surface area contributed by atoms with Gasteiger partial charge in [-0.25, -0.2) is 4.79 Å². The molecule has 0 fully saturated rings. The van der Waals surface area contributed by atoms with Gasteiger partial charge in [-0.1, -0.05) is 25.1 Å². The Hall–Kier alpha value is -1.46. The number of hydrogen-bond acceptors (Lipinski definition) is 3. The van der Waals surface area contributed by atoms with E-state index in [2.05, 4.69) is 42.6 Å². The summed E-state index contributed by atoms with van der Waals surface area (Å²) in [7, 11) is 0. The number of nitrogens with one attached hydrogen (secondary N) is 1. The predicted molar refractivity (Wildman–Crippen MR) is 100 cm³/mol. The largest absolute Gasteiger partial charge is 0.331 e. The van der Waals surface area contributed by atoms with Crippen molar-refractivity contribution < 1.29 is 4.79 Å². The molecule has 1 atom stereocenters. The third-order valence-corrected chi connectivity index (χ3v) is 5.38. The molecule has 1 aromatic carbocycles. The van der Waals surface area contributed by atoms with Crippen molar-refractivity contribution >= 4 is 29.1 Å². The average Bonchev–Trinajstić information content (AvgIpc) is 3.06. The molecule has 0 aliphatic carbocycles. The van der Waals surface area contributed by atoms with Crippen LogP contribution in [-0.2, 0) is 6.54 Å². The molecule has 0 bridgehead atoms. The van der Waals surface area contributed by atoms with Gasteiger partial charge in [-0.05, 0) is 48.7 Å². The van der Waals surface area contributed by atoms with Crippen LogP contribution < -0.4 is 5.32 Å². The minimum absolute atomic E-state index is 0.000521. The normalized spacial score (nSPS) is 12.0. The summed E-state index contributed by atoms with van der Waals surface area (Å²) in [4.78, 5) is 16.8. The molecular weight excluding hydrogens is 324 g/mol. The summed E-state index contributed by atoms with van der Waals surface area (Å²) in [6.45, 7) is 7.54. The first-order valence-corrected chi connectivity index (χ1v) is 9.81. The van der Waals surface area contributed by atoms with Crippen molar-refractivity contribution in [1.82, 2.24) is 10.2 Å². The lowest BCUT2D eigenvalue weighted by Crippen LogP contribution is -2.40. The number of rotatable bonds is 7. The fourth-order valence-corrected chi connectivity index (χ4v) is 3.68. The van der Waals surface area contributed by atoms with E-state index >= 15 is 0 Å². The van der Waals surface area contributed by atoms with E-state index in [1.807, 2.05) is 42.0 Å². The van der Waals surface area contributed by atoms with Crippen molar-refractivity contribution in [2.45, 2.75) is 38.3 Å². The number of nitrogens with zero attached hydrogens (tertiary/aromatic N) is 1.